The van der Waals surface area contributed by atoms with Crippen LogP contribution in [0.4, 0.5) is 0 Å². The molecule has 3 rings (SSSR count). The molecule has 0 unspecified atom stereocenters. The van der Waals surface area contributed by atoms with Gasteiger partial charge in [-0.1, -0.05) is 17.0 Å². The first-order valence-corrected chi connectivity index (χ1v) is 7.74. The molecule has 0 saturated carbocycles. The first kappa shape index (κ1) is 15.7. The van der Waals surface area contributed by atoms with Crippen molar-refractivity contribution in [2.24, 2.45) is 0 Å². The maximum Gasteiger partial charge on any atom is 0.346 e. The molecule has 0 atom stereocenters. The lowest BCUT2D eigenvalue weighted by atomic mass is 10.1. The molecular formula is C14H11N7O2S. The average molecular weight is 341 g/mol. The molecule has 0 amide bonds. The van der Waals surface area contributed by atoms with Crippen LogP contribution in [0.3, 0.4) is 0 Å². The lowest BCUT2D eigenvalue weighted by Gasteiger charge is -2.08. The van der Waals surface area contributed by atoms with Crippen LogP contribution in [0, 0.1) is 11.3 Å². The fraction of sp³-hybridized carbons (Fsp3) is 0.143. The monoisotopic (exact) mass is 341 g/mol. The Morgan fingerprint density at radius 2 is 2.12 bits per heavy atom. The first-order valence-electron chi connectivity index (χ1n) is 6.75. The molecule has 3 aromatic rings. The average Bonchev–Trinajstić information content (AvgIpc) is 3.13. The van der Waals surface area contributed by atoms with E-state index in [0.717, 1.165) is 0 Å². The van der Waals surface area contributed by atoms with E-state index in [9.17, 15) is 10.1 Å². The highest BCUT2D eigenvalue weighted by Crippen LogP contribution is 2.29. The number of aromatic amines is 2. The van der Waals surface area contributed by atoms with Crippen LogP contribution in [-0.4, -0.2) is 37.7 Å². The normalized spacial score (nSPS) is 10.3. The van der Waals surface area contributed by atoms with Crippen molar-refractivity contribution in [3.8, 4) is 23.1 Å². The van der Waals surface area contributed by atoms with Crippen molar-refractivity contribution in [1.82, 2.24) is 30.6 Å². The van der Waals surface area contributed by atoms with Crippen molar-refractivity contribution in [2.45, 2.75) is 10.8 Å². The SMILES string of the molecule is COc1ccc(-c2[nH]c(=O)nc(SCc3nn[nH]n3)c2C#N)cc1. The van der Waals surface area contributed by atoms with Crippen molar-refractivity contribution in [3.05, 3.63) is 46.1 Å². The zero-order valence-corrected chi connectivity index (χ0v) is 13.3. The van der Waals surface area contributed by atoms with Crippen LogP contribution >= 0.6 is 11.8 Å². The van der Waals surface area contributed by atoms with Crippen LogP contribution in [0.25, 0.3) is 11.3 Å². The van der Waals surface area contributed by atoms with Gasteiger partial charge >= 0.3 is 5.69 Å². The number of ether oxygens (including phenoxy) is 1. The summed E-state index contributed by atoms with van der Waals surface area (Å²) in [5, 5.41) is 23.3. The van der Waals surface area contributed by atoms with Gasteiger partial charge in [0.25, 0.3) is 0 Å². The summed E-state index contributed by atoms with van der Waals surface area (Å²) in [7, 11) is 1.57. The maximum absolute atomic E-state index is 11.9. The summed E-state index contributed by atoms with van der Waals surface area (Å²) in [6.45, 7) is 0. The Morgan fingerprint density at radius 3 is 2.75 bits per heavy atom. The molecular weight excluding hydrogens is 330 g/mol. The van der Waals surface area contributed by atoms with E-state index >= 15 is 0 Å². The van der Waals surface area contributed by atoms with E-state index in [-0.39, 0.29) is 5.56 Å². The Bertz CT molecular complexity index is 929. The summed E-state index contributed by atoms with van der Waals surface area (Å²) in [6, 6.07) is 9.13. The van der Waals surface area contributed by atoms with E-state index in [1.165, 1.54) is 11.8 Å². The predicted octanol–water partition coefficient (Wildman–Crippen LogP) is 1.12. The number of rotatable bonds is 5. The minimum atomic E-state index is -0.532. The van der Waals surface area contributed by atoms with E-state index in [1.807, 2.05) is 0 Å². The summed E-state index contributed by atoms with van der Waals surface area (Å²) >= 11 is 1.20. The third kappa shape index (κ3) is 3.26. The molecule has 0 aliphatic carbocycles. The molecule has 2 N–H and O–H groups in total. The van der Waals surface area contributed by atoms with Crippen LogP contribution in [0.1, 0.15) is 11.4 Å². The van der Waals surface area contributed by atoms with Crippen LogP contribution in [0.15, 0.2) is 34.1 Å². The number of H-pyrrole nitrogens is 2. The lowest BCUT2D eigenvalue weighted by molar-refractivity contribution is 0.415. The van der Waals surface area contributed by atoms with Crippen LogP contribution in [0.5, 0.6) is 5.75 Å². The number of hydrogen-bond donors (Lipinski definition) is 2. The molecule has 1 aromatic carbocycles. The summed E-state index contributed by atoms with van der Waals surface area (Å²) in [6.07, 6.45) is 0. The zero-order valence-electron chi connectivity index (χ0n) is 12.5. The van der Waals surface area contributed by atoms with Crippen LogP contribution < -0.4 is 10.4 Å². The van der Waals surface area contributed by atoms with Gasteiger partial charge in [-0.3, -0.25) is 0 Å². The minimum absolute atomic E-state index is 0.285. The van der Waals surface area contributed by atoms with Gasteiger partial charge in [-0.15, -0.1) is 10.2 Å². The third-order valence-electron chi connectivity index (χ3n) is 3.12. The fourth-order valence-corrected chi connectivity index (χ4v) is 2.84. The molecule has 9 nitrogen and oxygen atoms in total. The van der Waals surface area contributed by atoms with Gasteiger partial charge in [0.1, 0.15) is 22.4 Å². The van der Waals surface area contributed by atoms with Gasteiger partial charge in [0.2, 0.25) is 0 Å². The molecule has 0 aliphatic rings. The number of methoxy groups -OCH3 is 1. The fourth-order valence-electron chi connectivity index (χ4n) is 2.01. The van der Waals surface area contributed by atoms with Gasteiger partial charge in [0.15, 0.2) is 5.82 Å². The number of hydrogen-bond acceptors (Lipinski definition) is 8. The molecule has 0 radical (unpaired) electrons. The van der Waals surface area contributed by atoms with E-state index < -0.39 is 5.69 Å². The van der Waals surface area contributed by atoms with Gasteiger partial charge in [-0.2, -0.15) is 15.5 Å². The number of thioether (sulfide) groups is 1. The van der Waals surface area contributed by atoms with E-state index in [2.05, 4.69) is 36.7 Å². The first-order chi connectivity index (χ1) is 11.7. The molecule has 2 heterocycles. The molecule has 0 aliphatic heterocycles. The topological polar surface area (TPSA) is 133 Å². The van der Waals surface area contributed by atoms with Crippen molar-refractivity contribution in [2.75, 3.05) is 7.11 Å². The van der Waals surface area contributed by atoms with Gasteiger partial charge in [-0.05, 0) is 29.8 Å². The Hall–Kier alpha value is -3.19. The van der Waals surface area contributed by atoms with Crippen molar-refractivity contribution in [1.29, 1.82) is 5.26 Å². The standard InChI is InChI=1S/C14H11N7O2S/c1-23-9-4-2-8(3-5-9)12-10(6-15)13(17-14(22)16-12)24-7-11-18-20-21-19-11/h2-5H,7H2,1H3,(H,16,17,22)(H,18,19,20,21). The summed E-state index contributed by atoms with van der Waals surface area (Å²) in [5.74, 6) is 1.47. The van der Waals surface area contributed by atoms with Gasteiger partial charge in [0, 0.05) is 0 Å². The minimum Gasteiger partial charge on any atom is -0.497 e. The Labute approximate surface area is 140 Å². The van der Waals surface area contributed by atoms with Gasteiger partial charge in [0.05, 0.1) is 18.6 Å². The van der Waals surface area contributed by atoms with E-state index in [1.54, 1.807) is 31.4 Å². The second kappa shape index (κ2) is 6.93. The van der Waals surface area contributed by atoms with Gasteiger partial charge < -0.3 is 9.72 Å². The molecule has 2 aromatic heterocycles. The maximum atomic E-state index is 11.9. The summed E-state index contributed by atoms with van der Waals surface area (Å²) < 4.78 is 5.11. The number of nitrogens with one attached hydrogen (secondary N) is 2. The smallest absolute Gasteiger partial charge is 0.346 e. The molecule has 24 heavy (non-hydrogen) atoms. The summed E-state index contributed by atoms with van der Waals surface area (Å²) in [4.78, 5) is 18.4. The van der Waals surface area contributed by atoms with E-state index in [4.69, 9.17) is 4.74 Å². The molecule has 120 valence electrons. The van der Waals surface area contributed by atoms with E-state index in [0.29, 0.717) is 33.6 Å². The summed E-state index contributed by atoms with van der Waals surface area (Å²) in [5.41, 5.74) is 0.854. The van der Waals surface area contributed by atoms with Crippen molar-refractivity contribution < 1.29 is 4.74 Å². The van der Waals surface area contributed by atoms with Gasteiger partial charge in [-0.25, -0.2) is 4.79 Å². The Morgan fingerprint density at radius 1 is 1.33 bits per heavy atom. The number of nitrogens with zero attached hydrogens (tertiary/aromatic N) is 5. The third-order valence-corrected chi connectivity index (χ3v) is 4.09. The highest BCUT2D eigenvalue weighted by atomic mass is 32.2. The zero-order chi connectivity index (χ0) is 16.9. The van der Waals surface area contributed by atoms with Crippen molar-refractivity contribution >= 4 is 11.8 Å². The molecule has 10 heteroatoms. The van der Waals surface area contributed by atoms with Crippen LogP contribution in [-0.2, 0) is 5.75 Å². The Balaban J connectivity index is 1.99. The quantitative estimate of drug-likeness (QED) is 0.521. The second-order valence-electron chi connectivity index (χ2n) is 4.55. The van der Waals surface area contributed by atoms with Crippen molar-refractivity contribution in [3.63, 3.8) is 0 Å². The molecule has 0 saturated heterocycles. The molecule has 0 spiro atoms. The number of nitriles is 1. The predicted molar refractivity (Wildman–Crippen MR) is 85.3 cm³/mol. The molecule has 0 fully saturated rings. The number of aromatic nitrogens is 6. The Kier molecular flexibility index (Phi) is 4.53. The highest BCUT2D eigenvalue weighted by Gasteiger charge is 2.15. The number of tetrazole rings is 1. The highest BCUT2D eigenvalue weighted by molar-refractivity contribution is 7.98. The molecule has 0 bridgehead atoms. The van der Waals surface area contributed by atoms with Crippen LogP contribution in [0.2, 0.25) is 0 Å². The number of benzene rings is 1. The largest absolute Gasteiger partial charge is 0.497 e. The second-order valence-corrected chi connectivity index (χ2v) is 5.52. The lowest BCUT2D eigenvalue weighted by Crippen LogP contribution is -2.14.